The Bertz CT molecular complexity index is 835. The molecule has 1 heterocycles. The van der Waals surface area contributed by atoms with Crippen LogP contribution in [0.15, 0.2) is 18.2 Å². The number of aromatic nitrogens is 1. The fraction of sp³-hybridized carbons (Fsp3) is 0.450. The fourth-order valence-corrected chi connectivity index (χ4v) is 3.50. The molecule has 0 radical (unpaired) electrons. The molecule has 0 saturated carbocycles. The number of ether oxygens (including phenoxy) is 2. The van der Waals surface area contributed by atoms with Gasteiger partial charge < -0.3 is 20.1 Å². The SMILES string of the molecule is CCC(C)NC(=O)CCNC(=O)c1sc(-c2ccc(OC)c(OC)c2)nc1C. The van der Waals surface area contributed by atoms with Gasteiger partial charge in [-0.1, -0.05) is 6.92 Å². The lowest BCUT2D eigenvalue weighted by atomic mass is 10.2. The molecular weight excluding hydrogens is 378 g/mol. The van der Waals surface area contributed by atoms with Gasteiger partial charge in [0.1, 0.15) is 9.88 Å². The van der Waals surface area contributed by atoms with Gasteiger partial charge in [0.2, 0.25) is 5.91 Å². The Morgan fingerprint density at radius 3 is 2.57 bits per heavy atom. The van der Waals surface area contributed by atoms with E-state index in [1.54, 1.807) is 27.2 Å². The van der Waals surface area contributed by atoms with Gasteiger partial charge in [-0.3, -0.25) is 9.59 Å². The number of nitrogens with zero attached hydrogens (tertiary/aromatic N) is 1. The second kappa shape index (κ2) is 10.1. The van der Waals surface area contributed by atoms with Crippen molar-refractivity contribution in [1.29, 1.82) is 0 Å². The topological polar surface area (TPSA) is 89.6 Å². The van der Waals surface area contributed by atoms with Gasteiger partial charge in [-0.15, -0.1) is 11.3 Å². The highest BCUT2D eigenvalue weighted by molar-refractivity contribution is 7.17. The first kappa shape index (κ1) is 21.7. The lowest BCUT2D eigenvalue weighted by Gasteiger charge is -2.11. The Balaban J connectivity index is 2.03. The van der Waals surface area contributed by atoms with Crippen molar-refractivity contribution < 1.29 is 19.1 Å². The van der Waals surface area contributed by atoms with Gasteiger partial charge in [-0.25, -0.2) is 4.98 Å². The Hall–Kier alpha value is -2.61. The number of hydrogen-bond donors (Lipinski definition) is 2. The molecule has 28 heavy (non-hydrogen) atoms. The van der Waals surface area contributed by atoms with Gasteiger partial charge in [-0.2, -0.15) is 0 Å². The van der Waals surface area contributed by atoms with Crippen molar-refractivity contribution in [3.8, 4) is 22.1 Å². The standard InChI is InChI=1S/C20H27N3O4S/c1-6-12(2)22-17(24)9-10-21-19(25)18-13(3)23-20(28-18)14-7-8-15(26-4)16(11-14)27-5/h7-8,11-12H,6,9-10H2,1-5H3,(H,21,25)(H,22,24). The highest BCUT2D eigenvalue weighted by Crippen LogP contribution is 2.34. The van der Waals surface area contributed by atoms with E-state index in [1.807, 2.05) is 26.0 Å². The van der Waals surface area contributed by atoms with Crippen LogP contribution in [0.4, 0.5) is 0 Å². The summed E-state index contributed by atoms with van der Waals surface area (Å²) < 4.78 is 10.6. The second-order valence-corrected chi connectivity index (χ2v) is 7.39. The number of aryl methyl sites for hydroxylation is 1. The third-order valence-electron chi connectivity index (χ3n) is 4.29. The quantitative estimate of drug-likeness (QED) is 0.669. The smallest absolute Gasteiger partial charge is 0.263 e. The molecule has 1 aromatic heterocycles. The lowest BCUT2D eigenvalue weighted by molar-refractivity contribution is -0.121. The minimum Gasteiger partial charge on any atom is -0.493 e. The number of carbonyl (C=O) groups is 2. The maximum absolute atomic E-state index is 12.5. The molecule has 2 amide bonds. The molecule has 2 aromatic rings. The van der Waals surface area contributed by atoms with Crippen molar-refractivity contribution >= 4 is 23.2 Å². The van der Waals surface area contributed by atoms with Crippen LogP contribution < -0.4 is 20.1 Å². The van der Waals surface area contributed by atoms with Crippen molar-refractivity contribution in [3.05, 3.63) is 28.8 Å². The molecule has 0 spiro atoms. The Kier molecular flexibility index (Phi) is 7.80. The predicted molar refractivity (Wildman–Crippen MR) is 110 cm³/mol. The van der Waals surface area contributed by atoms with Gasteiger partial charge >= 0.3 is 0 Å². The second-order valence-electron chi connectivity index (χ2n) is 6.39. The molecule has 0 fully saturated rings. The van der Waals surface area contributed by atoms with Gasteiger partial charge in [-0.05, 0) is 38.5 Å². The number of benzene rings is 1. The summed E-state index contributed by atoms with van der Waals surface area (Å²) in [5.74, 6) is 0.944. The van der Waals surface area contributed by atoms with Crippen LogP contribution in [0.2, 0.25) is 0 Å². The average molecular weight is 406 g/mol. The van der Waals surface area contributed by atoms with Crippen molar-refractivity contribution in [2.45, 2.75) is 39.7 Å². The zero-order valence-corrected chi connectivity index (χ0v) is 17.7. The molecular formula is C20H27N3O4S. The monoisotopic (exact) mass is 405 g/mol. The van der Waals surface area contributed by atoms with E-state index in [2.05, 4.69) is 15.6 Å². The number of carbonyl (C=O) groups excluding carboxylic acids is 2. The van der Waals surface area contributed by atoms with E-state index < -0.39 is 0 Å². The van der Waals surface area contributed by atoms with Crippen LogP contribution in [0.25, 0.3) is 10.6 Å². The van der Waals surface area contributed by atoms with Crippen LogP contribution in [0, 0.1) is 6.92 Å². The highest BCUT2D eigenvalue weighted by atomic mass is 32.1. The Morgan fingerprint density at radius 1 is 1.21 bits per heavy atom. The number of nitrogens with one attached hydrogen (secondary N) is 2. The molecule has 2 rings (SSSR count). The maximum Gasteiger partial charge on any atom is 0.263 e. The van der Waals surface area contributed by atoms with Gasteiger partial charge in [0, 0.05) is 24.6 Å². The molecule has 1 aromatic carbocycles. The summed E-state index contributed by atoms with van der Waals surface area (Å²) in [5.41, 5.74) is 1.49. The van der Waals surface area contributed by atoms with E-state index in [1.165, 1.54) is 11.3 Å². The molecule has 0 aliphatic carbocycles. The average Bonchev–Trinajstić information content (AvgIpc) is 3.08. The van der Waals surface area contributed by atoms with E-state index in [0.29, 0.717) is 22.1 Å². The first-order valence-electron chi connectivity index (χ1n) is 9.16. The molecule has 1 atom stereocenters. The van der Waals surface area contributed by atoms with E-state index in [-0.39, 0.29) is 30.8 Å². The summed E-state index contributed by atoms with van der Waals surface area (Å²) >= 11 is 1.31. The lowest BCUT2D eigenvalue weighted by Crippen LogP contribution is -2.35. The van der Waals surface area contributed by atoms with Crippen molar-refractivity contribution in [2.75, 3.05) is 20.8 Å². The first-order chi connectivity index (χ1) is 13.4. The van der Waals surface area contributed by atoms with Gasteiger partial charge in [0.05, 0.1) is 19.9 Å². The minimum absolute atomic E-state index is 0.0679. The number of thiazole rings is 1. The molecule has 0 aliphatic rings. The first-order valence-corrected chi connectivity index (χ1v) is 9.98. The summed E-state index contributed by atoms with van der Waals surface area (Å²) in [7, 11) is 3.15. The molecule has 7 nitrogen and oxygen atoms in total. The number of rotatable bonds is 9. The normalized spacial score (nSPS) is 11.6. The summed E-state index contributed by atoms with van der Waals surface area (Å²) in [5, 5.41) is 6.39. The third-order valence-corrected chi connectivity index (χ3v) is 5.50. The predicted octanol–water partition coefficient (Wildman–Crippen LogP) is 3.17. The van der Waals surface area contributed by atoms with E-state index >= 15 is 0 Å². The van der Waals surface area contributed by atoms with Crippen LogP contribution in [0.3, 0.4) is 0 Å². The summed E-state index contributed by atoms with van der Waals surface area (Å²) in [4.78, 5) is 29.3. The summed E-state index contributed by atoms with van der Waals surface area (Å²) in [6, 6.07) is 5.65. The van der Waals surface area contributed by atoms with E-state index in [9.17, 15) is 9.59 Å². The van der Waals surface area contributed by atoms with E-state index in [0.717, 1.165) is 17.0 Å². The minimum atomic E-state index is -0.224. The van der Waals surface area contributed by atoms with Crippen LogP contribution in [0.1, 0.15) is 42.1 Å². The molecule has 0 saturated heterocycles. The highest BCUT2D eigenvalue weighted by Gasteiger charge is 2.17. The fourth-order valence-electron chi connectivity index (χ4n) is 2.52. The number of methoxy groups -OCH3 is 2. The molecule has 0 aliphatic heterocycles. The van der Waals surface area contributed by atoms with Crippen molar-refractivity contribution in [3.63, 3.8) is 0 Å². The van der Waals surface area contributed by atoms with Gasteiger partial charge in [0.15, 0.2) is 11.5 Å². The molecule has 0 bridgehead atoms. The molecule has 2 N–H and O–H groups in total. The summed E-state index contributed by atoms with van der Waals surface area (Å²) in [6.07, 6.45) is 1.12. The molecule has 152 valence electrons. The van der Waals surface area contributed by atoms with Crippen molar-refractivity contribution in [2.24, 2.45) is 0 Å². The van der Waals surface area contributed by atoms with Gasteiger partial charge in [0.25, 0.3) is 5.91 Å². The third kappa shape index (κ3) is 5.45. The molecule has 8 heteroatoms. The number of hydrogen-bond acceptors (Lipinski definition) is 6. The molecule has 1 unspecified atom stereocenters. The van der Waals surface area contributed by atoms with Crippen LogP contribution in [0.5, 0.6) is 11.5 Å². The van der Waals surface area contributed by atoms with Crippen LogP contribution in [-0.4, -0.2) is 43.6 Å². The summed E-state index contributed by atoms with van der Waals surface area (Å²) in [6.45, 7) is 6.04. The Morgan fingerprint density at radius 2 is 1.93 bits per heavy atom. The van der Waals surface area contributed by atoms with Crippen LogP contribution >= 0.6 is 11.3 Å². The number of amides is 2. The zero-order chi connectivity index (χ0) is 20.7. The largest absolute Gasteiger partial charge is 0.493 e. The maximum atomic E-state index is 12.5. The van der Waals surface area contributed by atoms with E-state index in [4.69, 9.17) is 9.47 Å². The van der Waals surface area contributed by atoms with Crippen molar-refractivity contribution in [1.82, 2.24) is 15.6 Å². The zero-order valence-electron chi connectivity index (χ0n) is 16.9. The van der Waals surface area contributed by atoms with Crippen LogP contribution in [-0.2, 0) is 4.79 Å². The Labute approximate surface area is 169 Å².